The molecule has 0 aliphatic heterocycles. The molecule has 1 heterocycles. The molecule has 0 aliphatic carbocycles. The average Bonchev–Trinajstić information content (AvgIpc) is 2.29. The lowest BCUT2D eigenvalue weighted by atomic mass is 10.3. The number of hydrogen-bond acceptors (Lipinski definition) is 4. The van der Waals surface area contributed by atoms with Gasteiger partial charge in [0.2, 0.25) is 11.7 Å². The monoisotopic (exact) mass is 229 g/mol. The Morgan fingerprint density at radius 2 is 1.94 bits per heavy atom. The van der Waals surface area contributed by atoms with Crippen LogP contribution in [-0.2, 0) is 0 Å². The van der Waals surface area contributed by atoms with E-state index in [9.17, 15) is 4.79 Å². The summed E-state index contributed by atoms with van der Waals surface area (Å²) in [6.45, 7) is 1.74. The zero-order valence-electron chi connectivity index (χ0n) is 9.25. The van der Waals surface area contributed by atoms with Gasteiger partial charge in [-0.3, -0.25) is 4.79 Å². The standard InChI is InChI=1S/C12H11N3O2/c1-8-7-10(15-12(14-8)11(13)16)17-9-5-3-2-4-6-9/h2-7H,1H3,(H2,13,16). The molecule has 0 bridgehead atoms. The van der Waals surface area contributed by atoms with E-state index >= 15 is 0 Å². The number of hydrogen-bond donors (Lipinski definition) is 1. The Hall–Kier alpha value is -2.43. The van der Waals surface area contributed by atoms with Crippen LogP contribution in [0.2, 0.25) is 0 Å². The summed E-state index contributed by atoms with van der Waals surface area (Å²) in [5.41, 5.74) is 5.75. The minimum absolute atomic E-state index is 0.0454. The van der Waals surface area contributed by atoms with E-state index in [-0.39, 0.29) is 5.82 Å². The number of carbonyl (C=O) groups excluding carboxylic acids is 1. The molecule has 2 rings (SSSR count). The Bertz CT molecular complexity index is 541. The number of rotatable bonds is 3. The molecule has 5 nitrogen and oxygen atoms in total. The first-order valence-electron chi connectivity index (χ1n) is 5.03. The predicted octanol–water partition coefficient (Wildman–Crippen LogP) is 1.68. The van der Waals surface area contributed by atoms with E-state index < -0.39 is 5.91 Å². The third-order valence-electron chi connectivity index (χ3n) is 2.02. The van der Waals surface area contributed by atoms with Crippen molar-refractivity contribution in [2.24, 2.45) is 5.73 Å². The first-order valence-corrected chi connectivity index (χ1v) is 5.03. The third kappa shape index (κ3) is 2.78. The van der Waals surface area contributed by atoms with Gasteiger partial charge in [-0.1, -0.05) is 18.2 Å². The quantitative estimate of drug-likeness (QED) is 0.868. The molecule has 0 unspecified atom stereocenters. The van der Waals surface area contributed by atoms with Crippen molar-refractivity contribution in [3.05, 3.63) is 47.9 Å². The summed E-state index contributed by atoms with van der Waals surface area (Å²) in [4.78, 5) is 18.8. The topological polar surface area (TPSA) is 78.1 Å². The number of nitrogens with zero attached hydrogens (tertiary/aromatic N) is 2. The summed E-state index contributed by atoms with van der Waals surface area (Å²) in [7, 11) is 0. The van der Waals surface area contributed by atoms with Crippen molar-refractivity contribution < 1.29 is 9.53 Å². The molecule has 5 heteroatoms. The number of para-hydroxylation sites is 1. The van der Waals surface area contributed by atoms with E-state index in [1.807, 2.05) is 18.2 Å². The maximum absolute atomic E-state index is 11.0. The van der Waals surface area contributed by atoms with Crippen molar-refractivity contribution in [2.75, 3.05) is 0 Å². The van der Waals surface area contributed by atoms with Crippen LogP contribution in [0.4, 0.5) is 0 Å². The van der Waals surface area contributed by atoms with Gasteiger partial charge in [0.05, 0.1) is 0 Å². The molecule has 86 valence electrons. The van der Waals surface area contributed by atoms with Crippen LogP contribution in [0.15, 0.2) is 36.4 Å². The maximum Gasteiger partial charge on any atom is 0.286 e. The summed E-state index contributed by atoms with van der Waals surface area (Å²) in [5.74, 6) is 0.223. The van der Waals surface area contributed by atoms with Crippen LogP contribution in [0.1, 0.15) is 16.3 Å². The summed E-state index contributed by atoms with van der Waals surface area (Å²) >= 11 is 0. The molecule has 0 spiro atoms. The number of carbonyl (C=O) groups is 1. The number of ether oxygens (including phenoxy) is 1. The van der Waals surface area contributed by atoms with E-state index in [1.54, 1.807) is 25.1 Å². The van der Waals surface area contributed by atoms with Gasteiger partial charge in [-0.25, -0.2) is 4.98 Å². The number of benzene rings is 1. The fraction of sp³-hybridized carbons (Fsp3) is 0.0833. The molecule has 0 radical (unpaired) electrons. The van der Waals surface area contributed by atoms with Gasteiger partial charge >= 0.3 is 0 Å². The largest absolute Gasteiger partial charge is 0.439 e. The first-order chi connectivity index (χ1) is 8.15. The zero-order valence-corrected chi connectivity index (χ0v) is 9.25. The minimum atomic E-state index is -0.674. The lowest BCUT2D eigenvalue weighted by Crippen LogP contribution is -2.16. The average molecular weight is 229 g/mol. The number of primary amides is 1. The number of aryl methyl sites for hydroxylation is 1. The Balaban J connectivity index is 2.30. The highest BCUT2D eigenvalue weighted by Gasteiger charge is 2.08. The summed E-state index contributed by atoms with van der Waals surface area (Å²) in [6, 6.07) is 10.8. The van der Waals surface area contributed by atoms with Gasteiger partial charge in [0, 0.05) is 11.8 Å². The second-order valence-electron chi connectivity index (χ2n) is 3.45. The van der Waals surface area contributed by atoms with Crippen LogP contribution >= 0.6 is 0 Å². The summed E-state index contributed by atoms with van der Waals surface area (Å²) < 4.78 is 5.49. The molecule has 1 aromatic heterocycles. The molecule has 0 atom stereocenters. The third-order valence-corrected chi connectivity index (χ3v) is 2.02. The van der Waals surface area contributed by atoms with E-state index in [2.05, 4.69) is 9.97 Å². The molecular weight excluding hydrogens is 218 g/mol. The van der Waals surface area contributed by atoms with Crippen LogP contribution in [0.3, 0.4) is 0 Å². The molecular formula is C12H11N3O2. The number of nitrogens with two attached hydrogens (primary N) is 1. The Morgan fingerprint density at radius 3 is 2.59 bits per heavy atom. The molecule has 0 saturated carbocycles. The summed E-state index contributed by atoms with van der Waals surface area (Å²) in [5, 5.41) is 0. The second-order valence-corrected chi connectivity index (χ2v) is 3.45. The molecule has 2 aromatic rings. The Labute approximate surface area is 98.3 Å². The molecule has 0 saturated heterocycles. The zero-order chi connectivity index (χ0) is 12.3. The fourth-order valence-corrected chi connectivity index (χ4v) is 1.31. The molecule has 17 heavy (non-hydrogen) atoms. The normalized spacial score (nSPS) is 9.94. The van der Waals surface area contributed by atoms with Gasteiger partial charge in [0.1, 0.15) is 5.75 Å². The lowest BCUT2D eigenvalue weighted by Gasteiger charge is -2.05. The SMILES string of the molecule is Cc1cc(Oc2ccccc2)nc(C(N)=O)n1. The highest BCUT2D eigenvalue weighted by Crippen LogP contribution is 2.19. The van der Waals surface area contributed by atoms with Crippen LogP contribution in [0, 0.1) is 6.92 Å². The first kappa shape index (κ1) is 11.1. The molecule has 0 aliphatic rings. The highest BCUT2D eigenvalue weighted by atomic mass is 16.5. The van der Waals surface area contributed by atoms with Gasteiger partial charge in [-0.15, -0.1) is 0 Å². The maximum atomic E-state index is 11.0. The van der Waals surface area contributed by atoms with Gasteiger partial charge in [0.15, 0.2) is 0 Å². The molecule has 1 amide bonds. The molecule has 0 fully saturated rings. The smallest absolute Gasteiger partial charge is 0.286 e. The van der Waals surface area contributed by atoms with Gasteiger partial charge in [0.25, 0.3) is 5.91 Å². The van der Waals surface area contributed by atoms with Gasteiger partial charge in [-0.05, 0) is 19.1 Å². The Kier molecular flexibility index (Phi) is 3.00. The van der Waals surface area contributed by atoms with E-state index in [1.165, 1.54) is 0 Å². The van der Waals surface area contributed by atoms with Gasteiger partial charge < -0.3 is 10.5 Å². The van der Waals surface area contributed by atoms with E-state index in [0.717, 1.165) is 0 Å². The minimum Gasteiger partial charge on any atom is -0.439 e. The Morgan fingerprint density at radius 1 is 1.24 bits per heavy atom. The van der Waals surface area contributed by atoms with Crippen LogP contribution in [0.25, 0.3) is 0 Å². The van der Waals surface area contributed by atoms with Gasteiger partial charge in [-0.2, -0.15) is 4.98 Å². The predicted molar refractivity (Wildman–Crippen MR) is 61.8 cm³/mol. The highest BCUT2D eigenvalue weighted by molar-refractivity contribution is 5.88. The van der Waals surface area contributed by atoms with Crippen molar-refractivity contribution in [1.29, 1.82) is 0 Å². The van der Waals surface area contributed by atoms with Crippen molar-refractivity contribution in [2.45, 2.75) is 6.92 Å². The van der Waals surface area contributed by atoms with Crippen LogP contribution in [0.5, 0.6) is 11.6 Å². The lowest BCUT2D eigenvalue weighted by molar-refractivity contribution is 0.0989. The second kappa shape index (κ2) is 4.61. The summed E-state index contributed by atoms with van der Waals surface area (Å²) in [6.07, 6.45) is 0. The van der Waals surface area contributed by atoms with Crippen LogP contribution in [-0.4, -0.2) is 15.9 Å². The van der Waals surface area contributed by atoms with Crippen molar-refractivity contribution in [3.8, 4) is 11.6 Å². The van der Waals surface area contributed by atoms with Crippen molar-refractivity contribution in [1.82, 2.24) is 9.97 Å². The van der Waals surface area contributed by atoms with Crippen molar-refractivity contribution >= 4 is 5.91 Å². The number of aromatic nitrogens is 2. The molecule has 2 N–H and O–H groups in total. The van der Waals surface area contributed by atoms with Crippen molar-refractivity contribution in [3.63, 3.8) is 0 Å². The molecule has 1 aromatic carbocycles. The van der Waals surface area contributed by atoms with E-state index in [0.29, 0.717) is 17.3 Å². The fourth-order valence-electron chi connectivity index (χ4n) is 1.31. The van der Waals surface area contributed by atoms with E-state index in [4.69, 9.17) is 10.5 Å². The van der Waals surface area contributed by atoms with Crippen LogP contribution < -0.4 is 10.5 Å². The number of amides is 1.